The van der Waals surface area contributed by atoms with Crippen molar-refractivity contribution in [3.8, 4) is 11.5 Å². The Bertz CT molecular complexity index is 849. The topological polar surface area (TPSA) is 34.1 Å². The van der Waals surface area contributed by atoms with Crippen molar-refractivity contribution >= 4 is 11.9 Å². The Balaban J connectivity index is 1.89. The van der Waals surface area contributed by atoms with Gasteiger partial charge in [0.05, 0.1) is 32.7 Å². The van der Waals surface area contributed by atoms with Crippen LogP contribution in [-0.4, -0.2) is 20.4 Å². The molecule has 0 heterocycles. The molecule has 0 radical (unpaired) electrons. The van der Waals surface area contributed by atoms with Crippen LogP contribution in [0.15, 0.2) is 84.0 Å². The summed E-state index contributed by atoms with van der Waals surface area (Å²) in [5, 5.41) is 6.68. The standard InChI is InChI=1S/C22H22N2O2/c1-25-21-14-13-19(22(15-21)26-2)16-23-24(20-11-7-4-8-12-20)17-18-9-5-3-6-10-18/h3-16H,17H2,1-2H3/b23-16+. The van der Waals surface area contributed by atoms with Crippen molar-refractivity contribution in [2.24, 2.45) is 5.10 Å². The molecule has 3 aromatic rings. The van der Waals surface area contributed by atoms with Crippen LogP contribution in [0.5, 0.6) is 11.5 Å². The fourth-order valence-corrected chi connectivity index (χ4v) is 2.61. The Morgan fingerprint density at radius 3 is 2.19 bits per heavy atom. The monoisotopic (exact) mass is 346 g/mol. The molecule has 0 saturated carbocycles. The van der Waals surface area contributed by atoms with Crippen molar-refractivity contribution in [3.05, 3.63) is 90.0 Å². The molecule has 0 aliphatic rings. The lowest BCUT2D eigenvalue weighted by Gasteiger charge is -2.19. The van der Waals surface area contributed by atoms with Crippen LogP contribution in [0.3, 0.4) is 0 Å². The SMILES string of the molecule is COc1ccc(/C=N/N(Cc2ccccc2)c2ccccc2)c(OC)c1. The van der Waals surface area contributed by atoms with E-state index < -0.39 is 0 Å². The number of benzene rings is 3. The number of hydrazone groups is 1. The van der Waals surface area contributed by atoms with E-state index in [4.69, 9.17) is 14.6 Å². The molecule has 4 nitrogen and oxygen atoms in total. The number of hydrogen-bond acceptors (Lipinski definition) is 4. The first-order valence-corrected chi connectivity index (χ1v) is 8.42. The maximum absolute atomic E-state index is 5.45. The minimum Gasteiger partial charge on any atom is -0.497 e. The van der Waals surface area contributed by atoms with Crippen LogP contribution in [0.2, 0.25) is 0 Å². The summed E-state index contributed by atoms with van der Waals surface area (Å²) in [4.78, 5) is 0. The molecule has 0 aromatic heterocycles. The van der Waals surface area contributed by atoms with Crippen molar-refractivity contribution in [1.82, 2.24) is 0 Å². The Morgan fingerprint density at radius 2 is 1.54 bits per heavy atom. The fourth-order valence-electron chi connectivity index (χ4n) is 2.61. The van der Waals surface area contributed by atoms with Crippen LogP contribution >= 0.6 is 0 Å². The zero-order valence-electron chi connectivity index (χ0n) is 15.0. The van der Waals surface area contributed by atoms with Gasteiger partial charge in [-0.25, -0.2) is 0 Å². The molecule has 4 heteroatoms. The lowest BCUT2D eigenvalue weighted by Crippen LogP contribution is -2.16. The molecule has 0 amide bonds. The Labute approximate surface area is 154 Å². The molecule has 0 atom stereocenters. The van der Waals surface area contributed by atoms with Gasteiger partial charge >= 0.3 is 0 Å². The highest BCUT2D eigenvalue weighted by Gasteiger charge is 2.07. The van der Waals surface area contributed by atoms with E-state index in [1.54, 1.807) is 14.2 Å². The number of ether oxygens (including phenoxy) is 2. The van der Waals surface area contributed by atoms with Crippen molar-refractivity contribution < 1.29 is 9.47 Å². The molecule has 0 unspecified atom stereocenters. The highest BCUT2D eigenvalue weighted by atomic mass is 16.5. The number of anilines is 1. The first-order chi connectivity index (χ1) is 12.8. The zero-order chi connectivity index (χ0) is 18.2. The molecular weight excluding hydrogens is 324 g/mol. The fraction of sp³-hybridized carbons (Fsp3) is 0.136. The molecule has 3 aromatic carbocycles. The summed E-state index contributed by atoms with van der Waals surface area (Å²) in [5.41, 5.74) is 3.11. The summed E-state index contributed by atoms with van der Waals surface area (Å²) in [6, 6.07) is 26.1. The van der Waals surface area contributed by atoms with E-state index in [2.05, 4.69) is 12.1 Å². The van der Waals surface area contributed by atoms with Gasteiger partial charge in [0.1, 0.15) is 11.5 Å². The third-order valence-electron chi connectivity index (χ3n) is 4.01. The van der Waals surface area contributed by atoms with Gasteiger partial charge in [-0.1, -0.05) is 48.5 Å². The number of hydrogen-bond donors (Lipinski definition) is 0. The van der Waals surface area contributed by atoms with Crippen LogP contribution in [-0.2, 0) is 6.54 Å². The number of rotatable bonds is 7. The third kappa shape index (κ3) is 4.42. The molecule has 132 valence electrons. The largest absolute Gasteiger partial charge is 0.497 e. The van der Waals surface area contributed by atoms with Crippen LogP contribution < -0.4 is 14.5 Å². The van der Waals surface area contributed by atoms with Gasteiger partial charge in [0.15, 0.2) is 0 Å². The molecule has 0 bridgehead atoms. The molecule has 0 saturated heterocycles. The predicted molar refractivity (Wildman–Crippen MR) is 106 cm³/mol. The van der Waals surface area contributed by atoms with Crippen LogP contribution in [0, 0.1) is 0 Å². The van der Waals surface area contributed by atoms with E-state index in [1.807, 2.05) is 78.0 Å². The van der Waals surface area contributed by atoms with E-state index in [9.17, 15) is 0 Å². The minimum absolute atomic E-state index is 0.680. The van der Waals surface area contributed by atoms with E-state index >= 15 is 0 Å². The molecule has 0 aliphatic heterocycles. The van der Waals surface area contributed by atoms with Gasteiger partial charge in [-0.3, -0.25) is 5.01 Å². The smallest absolute Gasteiger partial charge is 0.131 e. The van der Waals surface area contributed by atoms with E-state index in [0.717, 1.165) is 22.7 Å². The molecular formula is C22H22N2O2. The van der Waals surface area contributed by atoms with Gasteiger partial charge in [-0.15, -0.1) is 0 Å². The first kappa shape index (κ1) is 17.5. The molecule has 0 N–H and O–H groups in total. The summed E-state index contributed by atoms with van der Waals surface area (Å²) >= 11 is 0. The zero-order valence-corrected chi connectivity index (χ0v) is 15.0. The third-order valence-corrected chi connectivity index (χ3v) is 4.01. The quantitative estimate of drug-likeness (QED) is 0.457. The predicted octanol–water partition coefficient (Wildman–Crippen LogP) is 4.74. The second-order valence-electron chi connectivity index (χ2n) is 5.73. The molecule has 0 aliphatic carbocycles. The van der Waals surface area contributed by atoms with Gasteiger partial charge in [0.2, 0.25) is 0 Å². The Kier molecular flexibility index (Phi) is 5.88. The first-order valence-electron chi connectivity index (χ1n) is 8.42. The Morgan fingerprint density at radius 1 is 0.846 bits per heavy atom. The maximum Gasteiger partial charge on any atom is 0.131 e. The van der Waals surface area contributed by atoms with Crippen LogP contribution in [0.1, 0.15) is 11.1 Å². The van der Waals surface area contributed by atoms with Gasteiger partial charge < -0.3 is 9.47 Å². The average molecular weight is 346 g/mol. The normalized spacial score (nSPS) is 10.7. The number of methoxy groups -OCH3 is 2. The summed E-state index contributed by atoms with van der Waals surface area (Å²) in [7, 11) is 3.28. The second-order valence-corrected chi connectivity index (χ2v) is 5.73. The lowest BCUT2D eigenvalue weighted by molar-refractivity contribution is 0.394. The van der Waals surface area contributed by atoms with Crippen molar-refractivity contribution in [2.45, 2.75) is 6.54 Å². The number of para-hydroxylation sites is 1. The molecule has 26 heavy (non-hydrogen) atoms. The minimum atomic E-state index is 0.680. The van der Waals surface area contributed by atoms with Crippen molar-refractivity contribution in [1.29, 1.82) is 0 Å². The summed E-state index contributed by atoms with van der Waals surface area (Å²) in [5.74, 6) is 1.48. The Hall–Kier alpha value is -3.27. The van der Waals surface area contributed by atoms with Gasteiger partial charge in [-0.05, 0) is 29.8 Å². The van der Waals surface area contributed by atoms with Crippen LogP contribution in [0.25, 0.3) is 0 Å². The highest BCUT2D eigenvalue weighted by Crippen LogP contribution is 2.24. The summed E-state index contributed by atoms with van der Waals surface area (Å²) in [6.07, 6.45) is 1.81. The number of nitrogens with zero attached hydrogens (tertiary/aromatic N) is 2. The van der Waals surface area contributed by atoms with E-state index in [0.29, 0.717) is 6.54 Å². The van der Waals surface area contributed by atoms with Gasteiger partial charge in [-0.2, -0.15) is 5.10 Å². The van der Waals surface area contributed by atoms with E-state index in [1.165, 1.54) is 5.56 Å². The van der Waals surface area contributed by atoms with E-state index in [-0.39, 0.29) is 0 Å². The van der Waals surface area contributed by atoms with Crippen molar-refractivity contribution in [2.75, 3.05) is 19.2 Å². The highest BCUT2D eigenvalue weighted by molar-refractivity contribution is 5.84. The average Bonchev–Trinajstić information content (AvgIpc) is 2.72. The van der Waals surface area contributed by atoms with Crippen LogP contribution in [0.4, 0.5) is 5.69 Å². The maximum atomic E-state index is 5.45. The summed E-state index contributed by atoms with van der Waals surface area (Å²) < 4.78 is 10.7. The van der Waals surface area contributed by atoms with Crippen molar-refractivity contribution in [3.63, 3.8) is 0 Å². The lowest BCUT2D eigenvalue weighted by atomic mass is 10.2. The summed E-state index contributed by atoms with van der Waals surface area (Å²) in [6.45, 7) is 0.680. The van der Waals surface area contributed by atoms with Gasteiger partial charge in [0.25, 0.3) is 0 Å². The second kappa shape index (κ2) is 8.72. The van der Waals surface area contributed by atoms with Gasteiger partial charge in [0, 0.05) is 11.6 Å². The molecule has 0 spiro atoms. The molecule has 0 fully saturated rings. The molecule has 3 rings (SSSR count).